The topological polar surface area (TPSA) is 127 Å². The molecule has 0 bridgehead atoms. The van der Waals surface area contributed by atoms with Gasteiger partial charge >= 0.3 is 5.69 Å². The molecule has 178 valence electrons. The Bertz CT molecular complexity index is 925. The van der Waals surface area contributed by atoms with E-state index in [1.165, 1.54) is 4.57 Å². The lowest BCUT2D eigenvalue weighted by molar-refractivity contribution is -0.0588. The zero-order valence-corrected chi connectivity index (χ0v) is 22.8. The van der Waals surface area contributed by atoms with E-state index in [4.69, 9.17) is 19.4 Å². The van der Waals surface area contributed by atoms with Crippen molar-refractivity contribution < 1.29 is 13.9 Å². The molecule has 11 nitrogen and oxygen atoms in total. The molecule has 32 heavy (non-hydrogen) atoms. The van der Waals surface area contributed by atoms with E-state index in [1.54, 1.807) is 17.4 Å². The fourth-order valence-electron chi connectivity index (χ4n) is 2.76. The van der Waals surface area contributed by atoms with E-state index >= 15 is 0 Å². The smallest absolute Gasteiger partial charge is 0.351 e. The zero-order valence-electron chi connectivity index (χ0n) is 19.6. The van der Waals surface area contributed by atoms with Crippen LogP contribution in [-0.2, 0) is 13.9 Å². The van der Waals surface area contributed by atoms with Crippen LogP contribution in [-0.4, -0.2) is 68.7 Å². The van der Waals surface area contributed by atoms with Crippen molar-refractivity contribution in [2.24, 2.45) is 10.1 Å². The molecule has 0 radical (unpaired) electrons. The van der Waals surface area contributed by atoms with E-state index < -0.39 is 26.3 Å². The van der Waals surface area contributed by atoms with Gasteiger partial charge in [0.2, 0.25) is 0 Å². The first kappa shape index (κ1) is 26.7. The lowest BCUT2D eigenvalue weighted by atomic mass is 10.2. The van der Waals surface area contributed by atoms with Gasteiger partial charge in [0, 0.05) is 31.6 Å². The number of ether oxygens (including phenoxy) is 2. The van der Waals surface area contributed by atoms with E-state index in [0.717, 1.165) is 3.57 Å². The second-order valence-corrected chi connectivity index (χ2v) is 15.3. The molecule has 1 aliphatic heterocycles. The lowest BCUT2D eigenvalue weighted by Gasteiger charge is -2.37. The Kier molecular flexibility index (Phi) is 9.25. The third-order valence-corrected chi connectivity index (χ3v) is 10.9. The quantitative estimate of drug-likeness (QED) is 0.0830. The van der Waals surface area contributed by atoms with E-state index in [1.807, 2.05) is 14.1 Å². The van der Waals surface area contributed by atoms with Crippen LogP contribution in [0.5, 0.6) is 0 Å². The maximum atomic E-state index is 12.7. The highest BCUT2D eigenvalue weighted by atomic mass is 127. The van der Waals surface area contributed by atoms with Gasteiger partial charge in [0.05, 0.1) is 22.6 Å². The zero-order chi connectivity index (χ0) is 24.1. The molecule has 2 heterocycles. The third kappa shape index (κ3) is 6.99. The van der Waals surface area contributed by atoms with Crippen LogP contribution in [0.15, 0.2) is 21.1 Å². The Morgan fingerprint density at radius 1 is 1.47 bits per heavy atom. The SMILES string of the molecule is CN(C)C=Nc1nc(=O)n([C@H]2C[C@@H](OCN=[N+]=[N-])[C@@H](CO[Si](C)(C)C(C)(C)C)O2)cc1I. The van der Waals surface area contributed by atoms with Gasteiger partial charge in [-0.05, 0) is 46.3 Å². The molecule has 1 fully saturated rings. The summed E-state index contributed by atoms with van der Waals surface area (Å²) in [5.41, 5.74) is 8.11. The molecule has 3 atom stereocenters. The summed E-state index contributed by atoms with van der Waals surface area (Å²) in [6, 6.07) is 0. The summed E-state index contributed by atoms with van der Waals surface area (Å²) in [7, 11) is 1.67. The van der Waals surface area contributed by atoms with E-state index in [9.17, 15) is 4.79 Å². The Morgan fingerprint density at radius 2 is 2.16 bits per heavy atom. The van der Waals surface area contributed by atoms with Gasteiger partial charge in [0.15, 0.2) is 14.1 Å². The van der Waals surface area contributed by atoms with Gasteiger partial charge in [-0.25, -0.2) is 9.79 Å². The van der Waals surface area contributed by atoms with Crippen LogP contribution >= 0.6 is 22.6 Å². The van der Waals surface area contributed by atoms with Crippen molar-refractivity contribution in [2.45, 2.75) is 63.8 Å². The van der Waals surface area contributed by atoms with Crippen LogP contribution in [0, 0.1) is 3.57 Å². The van der Waals surface area contributed by atoms with Gasteiger partial charge in [-0.2, -0.15) is 4.98 Å². The molecule has 0 spiro atoms. The minimum atomic E-state index is -2.01. The van der Waals surface area contributed by atoms with Crippen molar-refractivity contribution in [3.63, 3.8) is 0 Å². The van der Waals surface area contributed by atoms with Gasteiger partial charge in [-0.1, -0.05) is 25.9 Å². The molecule has 1 aromatic heterocycles. The van der Waals surface area contributed by atoms with Gasteiger partial charge in [-0.3, -0.25) is 4.57 Å². The first-order chi connectivity index (χ1) is 14.9. The monoisotopic (exact) mass is 577 g/mol. The summed E-state index contributed by atoms with van der Waals surface area (Å²) in [6.45, 7) is 11.1. The maximum Gasteiger partial charge on any atom is 0.351 e. The second kappa shape index (κ2) is 11.1. The molecule has 0 amide bonds. The average molecular weight is 578 g/mol. The number of hydrogen-bond donors (Lipinski definition) is 0. The molecule has 0 aliphatic carbocycles. The predicted molar refractivity (Wildman–Crippen MR) is 134 cm³/mol. The Balaban J connectivity index is 2.23. The molecule has 1 aromatic rings. The van der Waals surface area contributed by atoms with Gasteiger partial charge in [0.25, 0.3) is 0 Å². The summed E-state index contributed by atoms with van der Waals surface area (Å²) in [5, 5.41) is 3.51. The van der Waals surface area contributed by atoms with Gasteiger partial charge in [0.1, 0.15) is 19.1 Å². The number of azide groups is 1. The van der Waals surface area contributed by atoms with Crippen LogP contribution < -0.4 is 5.69 Å². The molecule has 2 rings (SSSR count). The molecular weight excluding hydrogens is 545 g/mol. The van der Waals surface area contributed by atoms with Crippen molar-refractivity contribution in [3.05, 3.63) is 30.7 Å². The Hall–Kier alpha value is -1.51. The first-order valence-electron chi connectivity index (χ1n) is 10.3. The van der Waals surface area contributed by atoms with Crippen molar-refractivity contribution in [3.8, 4) is 0 Å². The number of rotatable bonds is 9. The average Bonchev–Trinajstić information content (AvgIpc) is 3.09. The van der Waals surface area contributed by atoms with Crippen LogP contribution in [0.2, 0.25) is 18.1 Å². The summed E-state index contributed by atoms with van der Waals surface area (Å²) in [6.07, 6.45) is 2.33. The summed E-state index contributed by atoms with van der Waals surface area (Å²) < 4.78 is 20.4. The molecule has 0 N–H and O–H groups in total. The summed E-state index contributed by atoms with van der Waals surface area (Å²) >= 11 is 2.09. The van der Waals surface area contributed by atoms with Crippen molar-refractivity contribution in [1.82, 2.24) is 14.5 Å². The number of aromatic nitrogens is 2. The summed E-state index contributed by atoms with van der Waals surface area (Å²) in [5.74, 6) is 0.354. The standard InChI is InChI=1S/C19H32IN7O4Si/c1-19(2,3)32(6,7)30-10-15-14(29-12-23-25-21)8-16(31-15)27-9-13(20)17(24-18(27)28)22-11-26(4)5/h9,11,14-16H,8,10,12H2,1-7H3/t14-,15-,16-/m1/s1. The highest BCUT2D eigenvalue weighted by molar-refractivity contribution is 14.1. The molecule has 13 heteroatoms. The number of halogens is 1. The predicted octanol–water partition coefficient (Wildman–Crippen LogP) is 4.03. The van der Waals surface area contributed by atoms with Gasteiger partial charge in [-0.15, -0.1) is 0 Å². The van der Waals surface area contributed by atoms with Crippen molar-refractivity contribution in [2.75, 3.05) is 27.4 Å². The maximum absolute atomic E-state index is 12.7. The van der Waals surface area contributed by atoms with E-state index in [0.29, 0.717) is 18.8 Å². The second-order valence-electron chi connectivity index (χ2n) is 9.31. The highest BCUT2D eigenvalue weighted by Gasteiger charge is 2.42. The number of nitrogens with zero attached hydrogens (tertiary/aromatic N) is 7. The summed E-state index contributed by atoms with van der Waals surface area (Å²) in [4.78, 5) is 25.5. The fraction of sp³-hybridized carbons (Fsp3) is 0.737. The van der Waals surface area contributed by atoms with Crippen molar-refractivity contribution in [1.29, 1.82) is 0 Å². The molecule has 0 unspecified atom stereocenters. The van der Waals surface area contributed by atoms with Crippen LogP contribution in [0.3, 0.4) is 0 Å². The normalized spacial score (nSPS) is 21.7. The first-order valence-corrected chi connectivity index (χ1v) is 14.3. The van der Waals surface area contributed by atoms with E-state index in [-0.39, 0.29) is 17.9 Å². The Morgan fingerprint density at radius 3 is 2.75 bits per heavy atom. The van der Waals surface area contributed by atoms with Crippen LogP contribution in [0.25, 0.3) is 10.4 Å². The van der Waals surface area contributed by atoms with Crippen molar-refractivity contribution >= 4 is 43.1 Å². The molecule has 0 aromatic carbocycles. The molecule has 0 saturated carbocycles. The minimum absolute atomic E-state index is 0.0480. The van der Waals surface area contributed by atoms with Crippen LogP contribution in [0.1, 0.15) is 33.4 Å². The molecule has 1 aliphatic rings. The fourth-order valence-corrected chi connectivity index (χ4v) is 4.34. The molecular formula is C19H32IN7O4Si. The third-order valence-electron chi connectivity index (χ3n) is 5.61. The lowest BCUT2D eigenvalue weighted by Crippen LogP contribution is -2.44. The van der Waals surface area contributed by atoms with Gasteiger partial charge < -0.3 is 18.8 Å². The highest BCUT2D eigenvalue weighted by Crippen LogP contribution is 2.38. The Labute approximate surface area is 203 Å². The molecule has 1 saturated heterocycles. The number of hydrogen-bond acceptors (Lipinski definition) is 7. The van der Waals surface area contributed by atoms with E-state index in [2.05, 4.69) is 76.5 Å². The van der Waals surface area contributed by atoms with Crippen LogP contribution in [0.4, 0.5) is 5.82 Å². The number of aliphatic imine (C=N–C) groups is 1. The largest absolute Gasteiger partial charge is 0.414 e. The minimum Gasteiger partial charge on any atom is -0.414 e.